The fourth-order valence-corrected chi connectivity index (χ4v) is 5.33. The lowest BCUT2D eigenvalue weighted by atomic mass is 10.1. The third-order valence-electron chi connectivity index (χ3n) is 7.77. The minimum Gasteiger partial charge on any atom is -0.443 e. The molecular weight excluding hydrogens is 608 g/mol. The van der Waals surface area contributed by atoms with Gasteiger partial charge in [0, 0.05) is 37.9 Å². The van der Waals surface area contributed by atoms with E-state index >= 15 is 0 Å². The van der Waals surface area contributed by atoms with E-state index in [1.165, 1.54) is 16.5 Å². The molecule has 0 bridgehead atoms. The molecule has 4 amide bonds. The molecule has 2 atom stereocenters. The maximum atomic E-state index is 12.9. The lowest BCUT2D eigenvalue weighted by Crippen LogP contribution is -2.59. The second-order valence-corrected chi connectivity index (χ2v) is 14.0. The second kappa shape index (κ2) is 16.1. The number of amides is 4. The quantitative estimate of drug-likeness (QED) is 0.322. The van der Waals surface area contributed by atoms with Crippen LogP contribution in [-0.2, 0) is 32.2 Å². The summed E-state index contributed by atoms with van der Waals surface area (Å²) in [5.41, 5.74) is 2.00. The molecule has 2 heterocycles. The van der Waals surface area contributed by atoms with E-state index in [0.717, 1.165) is 29.2 Å². The van der Waals surface area contributed by atoms with Gasteiger partial charge in [0.05, 0.1) is 0 Å². The van der Waals surface area contributed by atoms with Crippen LogP contribution in [-0.4, -0.2) is 80.0 Å². The number of imide groups is 1. The Morgan fingerprint density at radius 1 is 0.771 bits per heavy atom. The number of benzene rings is 2. The summed E-state index contributed by atoms with van der Waals surface area (Å²) < 4.78 is 10.8. The highest BCUT2D eigenvalue weighted by Gasteiger charge is 2.44. The first-order valence-corrected chi connectivity index (χ1v) is 16.5. The van der Waals surface area contributed by atoms with E-state index in [0.29, 0.717) is 13.1 Å². The summed E-state index contributed by atoms with van der Waals surface area (Å²) in [5, 5.41) is 0. The monoisotopic (exact) mass is 660 g/mol. The van der Waals surface area contributed by atoms with Crippen LogP contribution in [0.2, 0.25) is 0 Å². The summed E-state index contributed by atoms with van der Waals surface area (Å²) in [6.45, 7) is 20.8. The SMILES string of the molecule is C/C=C1\C(=O)N(Cc2ccccc2)[C@H](C)C(=O)N1C(=O)OC(C)(C)C.C/C=C1\CN(Cc2ccccc2)[C@H](C)CN1C(=O)OC(C)(C)C. The molecule has 0 unspecified atom stereocenters. The van der Waals surface area contributed by atoms with E-state index in [9.17, 15) is 19.2 Å². The van der Waals surface area contributed by atoms with E-state index in [4.69, 9.17) is 9.47 Å². The molecule has 2 fully saturated rings. The van der Waals surface area contributed by atoms with E-state index in [1.807, 2.05) is 70.2 Å². The van der Waals surface area contributed by atoms with Crippen molar-refractivity contribution in [1.82, 2.24) is 19.6 Å². The molecule has 0 radical (unpaired) electrons. The van der Waals surface area contributed by atoms with E-state index in [2.05, 4.69) is 36.1 Å². The lowest BCUT2D eigenvalue weighted by Gasteiger charge is -2.41. The van der Waals surface area contributed by atoms with Crippen molar-refractivity contribution in [2.45, 2.75) is 106 Å². The number of piperazine rings is 2. The normalized spacial score (nSPS) is 20.8. The van der Waals surface area contributed by atoms with Gasteiger partial charge in [-0.15, -0.1) is 0 Å². The number of carbonyl (C=O) groups excluding carboxylic acids is 4. The number of rotatable bonds is 4. The van der Waals surface area contributed by atoms with Gasteiger partial charge in [-0.05, 0) is 80.4 Å². The van der Waals surface area contributed by atoms with Gasteiger partial charge in [0.15, 0.2) is 0 Å². The van der Waals surface area contributed by atoms with E-state index in [-0.39, 0.29) is 23.7 Å². The molecule has 2 aliphatic rings. The van der Waals surface area contributed by atoms with Gasteiger partial charge in [0.25, 0.3) is 11.8 Å². The van der Waals surface area contributed by atoms with Gasteiger partial charge in [-0.2, -0.15) is 0 Å². The van der Waals surface area contributed by atoms with Crippen LogP contribution in [0, 0.1) is 0 Å². The van der Waals surface area contributed by atoms with Crippen LogP contribution in [0.25, 0.3) is 0 Å². The summed E-state index contributed by atoms with van der Waals surface area (Å²) >= 11 is 0. The zero-order valence-corrected chi connectivity index (χ0v) is 30.1. The van der Waals surface area contributed by atoms with Crippen LogP contribution in [0.3, 0.4) is 0 Å². The Kier molecular flexibility index (Phi) is 12.8. The Morgan fingerprint density at radius 2 is 1.27 bits per heavy atom. The molecule has 0 N–H and O–H groups in total. The van der Waals surface area contributed by atoms with Crippen LogP contribution in [0.4, 0.5) is 9.59 Å². The molecule has 2 aromatic carbocycles. The highest BCUT2D eigenvalue weighted by molar-refractivity contribution is 6.11. The van der Waals surface area contributed by atoms with E-state index < -0.39 is 29.2 Å². The third kappa shape index (κ3) is 10.3. The topological polar surface area (TPSA) is 99.7 Å². The van der Waals surface area contributed by atoms with Crippen molar-refractivity contribution >= 4 is 24.0 Å². The molecule has 0 aliphatic carbocycles. The molecule has 48 heavy (non-hydrogen) atoms. The number of carbonyl (C=O) groups is 4. The van der Waals surface area contributed by atoms with Gasteiger partial charge >= 0.3 is 12.2 Å². The van der Waals surface area contributed by atoms with Crippen molar-refractivity contribution in [2.75, 3.05) is 13.1 Å². The Hall–Kier alpha value is -4.44. The maximum Gasteiger partial charge on any atom is 0.421 e. The molecule has 260 valence electrons. The smallest absolute Gasteiger partial charge is 0.421 e. The molecule has 0 saturated carbocycles. The number of allylic oxidation sites excluding steroid dienone is 2. The highest BCUT2D eigenvalue weighted by Crippen LogP contribution is 2.26. The number of ether oxygens (including phenoxy) is 2. The molecule has 2 aromatic rings. The standard InChI is InChI=1S/C19H24N2O4.C19H28N2O2/c1-6-15-17(23)20(12-14-10-8-7-9-11-14)13(2)16(22)21(15)18(24)25-19(3,4)5;1-6-17-14-20(13-16-10-8-7-9-11-16)15(2)12-21(17)18(22)23-19(3,4)5/h6-11,13H,12H2,1-5H3;6-11,15H,12-14H2,1-5H3/b15-6+;17-6+/t13-;15-/m11/s1. The van der Waals surface area contributed by atoms with Crippen molar-refractivity contribution in [3.63, 3.8) is 0 Å². The van der Waals surface area contributed by atoms with E-state index in [1.54, 1.807) is 39.5 Å². The second-order valence-electron chi connectivity index (χ2n) is 14.0. The summed E-state index contributed by atoms with van der Waals surface area (Å²) in [5.74, 6) is -0.845. The lowest BCUT2D eigenvalue weighted by molar-refractivity contribution is -0.150. The van der Waals surface area contributed by atoms with Gasteiger partial charge in [0.1, 0.15) is 22.9 Å². The van der Waals surface area contributed by atoms with Crippen molar-refractivity contribution in [2.24, 2.45) is 0 Å². The first kappa shape index (κ1) is 38.0. The van der Waals surface area contributed by atoms with Crippen LogP contribution in [0.15, 0.2) is 84.2 Å². The minimum atomic E-state index is -0.829. The minimum absolute atomic E-state index is 0.0216. The molecule has 0 aromatic heterocycles. The molecule has 2 saturated heterocycles. The van der Waals surface area contributed by atoms with Gasteiger partial charge in [-0.3, -0.25) is 19.4 Å². The van der Waals surface area contributed by atoms with Crippen LogP contribution >= 0.6 is 0 Å². The summed E-state index contributed by atoms with van der Waals surface area (Å²) in [6, 6.07) is 19.4. The van der Waals surface area contributed by atoms with Crippen molar-refractivity contribution in [1.29, 1.82) is 0 Å². The zero-order chi connectivity index (χ0) is 35.8. The fraction of sp³-hybridized carbons (Fsp3) is 0.474. The Morgan fingerprint density at radius 3 is 1.75 bits per heavy atom. The van der Waals surface area contributed by atoms with Crippen molar-refractivity contribution in [3.05, 3.63) is 95.3 Å². The predicted molar refractivity (Wildman–Crippen MR) is 186 cm³/mol. The predicted octanol–water partition coefficient (Wildman–Crippen LogP) is 7.12. The zero-order valence-electron chi connectivity index (χ0n) is 30.1. The fourth-order valence-electron chi connectivity index (χ4n) is 5.33. The summed E-state index contributed by atoms with van der Waals surface area (Å²) in [7, 11) is 0. The van der Waals surface area contributed by atoms with Gasteiger partial charge in [0.2, 0.25) is 0 Å². The molecule has 10 nitrogen and oxygen atoms in total. The highest BCUT2D eigenvalue weighted by atomic mass is 16.6. The van der Waals surface area contributed by atoms with Crippen LogP contribution < -0.4 is 0 Å². The van der Waals surface area contributed by atoms with Gasteiger partial charge in [-0.25, -0.2) is 14.5 Å². The largest absolute Gasteiger partial charge is 0.443 e. The summed E-state index contributed by atoms with van der Waals surface area (Å²) in [6.07, 6.45) is 2.39. The molecule has 4 rings (SSSR count). The number of hydrogen-bond donors (Lipinski definition) is 0. The first-order chi connectivity index (χ1) is 22.5. The number of hydrogen-bond acceptors (Lipinski definition) is 7. The Labute approximate surface area is 286 Å². The molecule has 0 spiro atoms. The molecule has 2 aliphatic heterocycles. The average molecular weight is 661 g/mol. The van der Waals surface area contributed by atoms with Crippen molar-refractivity contribution in [3.8, 4) is 0 Å². The number of nitrogens with zero attached hydrogens (tertiary/aromatic N) is 4. The summed E-state index contributed by atoms with van der Waals surface area (Å²) in [4.78, 5) is 57.0. The third-order valence-corrected chi connectivity index (χ3v) is 7.77. The van der Waals surface area contributed by atoms with Crippen LogP contribution in [0.5, 0.6) is 0 Å². The van der Waals surface area contributed by atoms with Crippen LogP contribution in [0.1, 0.15) is 80.4 Å². The Bertz CT molecular complexity index is 1490. The first-order valence-electron chi connectivity index (χ1n) is 16.5. The molecule has 10 heteroatoms. The maximum absolute atomic E-state index is 12.9. The van der Waals surface area contributed by atoms with Gasteiger partial charge < -0.3 is 14.4 Å². The molecular formula is C38H52N4O6. The van der Waals surface area contributed by atoms with Gasteiger partial charge in [-0.1, -0.05) is 72.8 Å². The average Bonchev–Trinajstić information content (AvgIpc) is 3.01. The van der Waals surface area contributed by atoms with Crippen molar-refractivity contribution < 1.29 is 28.7 Å². The Balaban J connectivity index is 0.000000261.